The summed E-state index contributed by atoms with van der Waals surface area (Å²) in [5, 5.41) is 10.8. The molecule has 1 aromatic heterocycles. The van der Waals surface area contributed by atoms with Crippen molar-refractivity contribution < 1.29 is 28.5 Å². The molecule has 1 amide bonds. The van der Waals surface area contributed by atoms with Crippen LogP contribution in [0.2, 0.25) is 0 Å². The molecule has 8 nitrogen and oxygen atoms in total. The molecule has 1 unspecified atom stereocenters. The summed E-state index contributed by atoms with van der Waals surface area (Å²) in [4.78, 5) is 29.4. The Bertz CT molecular complexity index is 1640. The molecule has 8 heteroatoms. The van der Waals surface area contributed by atoms with Crippen LogP contribution in [0.15, 0.2) is 57.7 Å². The molecule has 0 saturated heterocycles. The minimum absolute atomic E-state index is 0.0150. The van der Waals surface area contributed by atoms with Crippen LogP contribution < -0.4 is 19.6 Å². The lowest BCUT2D eigenvalue weighted by atomic mass is 9.97. The summed E-state index contributed by atoms with van der Waals surface area (Å²) >= 11 is 0. The Morgan fingerprint density at radius 2 is 1.72 bits per heavy atom. The highest BCUT2D eigenvalue weighted by Gasteiger charge is 2.43. The lowest BCUT2D eigenvalue weighted by Gasteiger charge is -2.26. The summed E-state index contributed by atoms with van der Waals surface area (Å²) in [6, 6.07) is 13.5. The van der Waals surface area contributed by atoms with Crippen molar-refractivity contribution in [1.82, 2.24) is 4.90 Å². The van der Waals surface area contributed by atoms with Gasteiger partial charge in [0.25, 0.3) is 5.91 Å². The second kappa shape index (κ2) is 10.4. The van der Waals surface area contributed by atoms with Gasteiger partial charge in [-0.05, 0) is 79.8 Å². The fraction of sp³-hybridized carbons (Fsp3) is 0.290. The Balaban J connectivity index is 1.64. The number of aromatic hydroxyl groups is 1. The molecule has 0 radical (unpaired) electrons. The standard InChI is InChI=1S/C31H31NO7/c1-6-38-24-16-20(8-9-22(24)33)27-26-28(34)21-14-17(2)13-18(3)29(21)39-30(26)31(35)32(27)12-11-19-7-10-23(36-4)25(15-19)37-5/h7-10,13-16,27,33H,6,11-12H2,1-5H3. The third kappa shape index (κ3) is 4.56. The molecule has 202 valence electrons. The largest absolute Gasteiger partial charge is 0.504 e. The first-order valence-corrected chi connectivity index (χ1v) is 12.8. The molecule has 4 aromatic rings. The molecule has 5 rings (SSSR count). The Labute approximate surface area is 226 Å². The van der Waals surface area contributed by atoms with Gasteiger partial charge in [0.15, 0.2) is 28.4 Å². The highest BCUT2D eigenvalue weighted by Crippen LogP contribution is 2.41. The van der Waals surface area contributed by atoms with Gasteiger partial charge in [-0.1, -0.05) is 18.2 Å². The van der Waals surface area contributed by atoms with Gasteiger partial charge in [-0.25, -0.2) is 0 Å². The van der Waals surface area contributed by atoms with E-state index in [2.05, 4.69) is 0 Å². The van der Waals surface area contributed by atoms with Crippen molar-refractivity contribution in [3.05, 3.63) is 92.3 Å². The maximum absolute atomic E-state index is 14.0. The molecule has 1 atom stereocenters. The lowest BCUT2D eigenvalue weighted by molar-refractivity contribution is 0.0729. The van der Waals surface area contributed by atoms with Crippen molar-refractivity contribution in [2.45, 2.75) is 33.2 Å². The van der Waals surface area contributed by atoms with Gasteiger partial charge in [-0.3, -0.25) is 9.59 Å². The molecule has 1 aliphatic heterocycles. The molecular formula is C31H31NO7. The van der Waals surface area contributed by atoms with Crippen LogP contribution in [0.3, 0.4) is 0 Å². The van der Waals surface area contributed by atoms with Gasteiger partial charge in [0.1, 0.15) is 5.58 Å². The van der Waals surface area contributed by atoms with Crippen LogP contribution in [-0.4, -0.2) is 43.3 Å². The summed E-state index contributed by atoms with van der Waals surface area (Å²) in [6.07, 6.45) is 0.499. The van der Waals surface area contributed by atoms with E-state index in [9.17, 15) is 14.7 Å². The van der Waals surface area contributed by atoms with Crippen molar-refractivity contribution in [2.75, 3.05) is 27.4 Å². The second-order valence-electron chi connectivity index (χ2n) is 9.63. The van der Waals surface area contributed by atoms with Crippen molar-refractivity contribution in [2.24, 2.45) is 0 Å². The van der Waals surface area contributed by atoms with Crippen LogP contribution in [0.1, 0.15) is 51.3 Å². The number of benzene rings is 3. The number of hydrogen-bond acceptors (Lipinski definition) is 7. The molecule has 39 heavy (non-hydrogen) atoms. The number of nitrogens with zero attached hydrogens (tertiary/aromatic N) is 1. The Kier molecular flexibility index (Phi) is 6.95. The number of amides is 1. The topological polar surface area (TPSA) is 98.4 Å². The molecule has 0 bridgehead atoms. The molecule has 1 N–H and O–H groups in total. The van der Waals surface area contributed by atoms with Crippen LogP contribution in [-0.2, 0) is 6.42 Å². The SMILES string of the molecule is CCOc1cc(C2c3c(oc4c(C)cc(C)cc4c3=O)C(=O)N2CCc2ccc(OC)c(OC)c2)ccc1O. The van der Waals surface area contributed by atoms with Crippen molar-refractivity contribution in [3.8, 4) is 23.0 Å². The average molecular weight is 530 g/mol. The van der Waals surface area contributed by atoms with E-state index in [-0.39, 0.29) is 34.2 Å². The molecule has 0 spiro atoms. The normalized spacial score (nSPS) is 14.5. The van der Waals surface area contributed by atoms with E-state index in [4.69, 9.17) is 18.6 Å². The predicted molar refractivity (Wildman–Crippen MR) is 147 cm³/mol. The minimum Gasteiger partial charge on any atom is -0.504 e. The average Bonchev–Trinajstić information content (AvgIpc) is 3.20. The van der Waals surface area contributed by atoms with Crippen LogP contribution >= 0.6 is 0 Å². The smallest absolute Gasteiger partial charge is 0.290 e. The lowest BCUT2D eigenvalue weighted by Crippen LogP contribution is -2.31. The van der Waals surface area contributed by atoms with Gasteiger partial charge in [-0.15, -0.1) is 0 Å². The van der Waals surface area contributed by atoms with Crippen molar-refractivity contribution in [3.63, 3.8) is 0 Å². The first-order valence-electron chi connectivity index (χ1n) is 12.8. The maximum atomic E-state index is 14.0. The molecule has 0 saturated carbocycles. The molecule has 0 fully saturated rings. The summed E-state index contributed by atoms with van der Waals surface area (Å²) in [5.74, 6) is 1.16. The highest BCUT2D eigenvalue weighted by atomic mass is 16.5. The van der Waals surface area contributed by atoms with Crippen LogP contribution in [0.5, 0.6) is 23.0 Å². The van der Waals surface area contributed by atoms with E-state index in [1.165, 1.54) is 6.07 Å². The predicted octanol–water partition coefficient (Wildman–Crippen LogP) is 5.32. The number of ether oxygens (including phenoxy) is 3. The van der Waals surface area contributed by atoms with Crippen LogP contribution in [0.4, 0.5) is 0 Å². The monoisotopic (exact) mass is 529 g/mol. The van der Waals surface area contributed by atoms with Gasteiger partial charge in [0, 0.05) is 6.54 Å². The Morgan fingerprint density at radius 3 is 2.44 bits per heavy atom. The zero-order chi connectivity index (χ0) is 27.8. The zero-order valence-corrected chi connectivity index (χ0v) is 22.7. The fourth-order valence-electron chi connectivity index (χ4n) is 5.31. The summed E-state index contributed by atoms with van der Waals surface area (Å²) in [7, 11) is 3.15. The van der Waals surface area contributed by atoms with Gasteiger partial charge in [0.05, 0.1) is 37.8 Å². The van der Waals surface area contributed by atoms with E-state index in [1.807, 2.05) is 45.0 Å². The molecule has 1 aliphatic rings. The van der Waals surface area contributed by atoms with E-state index >= 15 is 0 Å². The van der Waals surface area contributed by atoms with Crippen LogP contribution in [0.25, 0.3) is 11.0 Å². The van der Waals surface area contributed by atoms with E-state index in [0.717, 1.165) is 16.7 Å². The zero-order valence-electron chi connectivity index (χ0n) is 22.7. The van der Waals surface area contributed by atoms with Gasteiger partial charge in [-0.2, -0.15) is 0 Å². The molecule has 2 heterocycles. The van der Waals surface area contributed by atoms with E-state index in [0.29, 0.717) is 47.6 Å². The number of phenolic OH excluding ortho intramolecular Hbond substituents is 1. The second-order valence-corrected chi connectivity index (χ2v) is 9.63. The van der Waals surface area contributed by atoms with Crippen molar-refractivity contribution >= 4 is 16.9 Å². The molecule has 3 aromatic carbocycles. The number of carbonyl (C=O) groups is 1. The number of aryl methyl sites for hydroxylation is 2. The number of methoxy groups -OCH3 is 2. The van der Waals surface area contributed by atoms with E-state index in [1.54, 1.807) is 37.3 Å². The van der Waals surface area contributed by atoms with Gasteiger partial charge in [0.2, 0.25) is 5.76 Å². The fourth-order valence-corrected chi connectivity index (χ4v) is 5.31. The Morgan fingerprint density at radius 1 is 0.949 bits per heavy atom. The number of rotatable bonds is 8. The van der Waals surface area contributed by atoms with Gasteiger partial charge < -0.3 is 28.6 Å². The quantitative estimate of drug-likeness (QED) is 0.330. The first-order chi connectivity index (χ1) is 18.8. The number of hydrogen-bond donors (Lipinski definition) is 1. The first kappa shape index (κ1) is 26.2. The van der Waals surface area contributed by atoms with Crippen LogP contribution in [0, 0.1) is 13.8 Å². The number of carbonyl (C=O) groups excluding carboxylic acids is 1. The van der Waals surface area contributed by atoms with Gasteiger partial charge >= 0.3 is 0 Å². The summed E-state index contributed by atoms with van der Waals surface area (Å²) in [5.41, 5.74) is 3.77. The molecular weight excluding hydrogens is 498 g/mol. The third-order valence-corrected chi connectivity index (χ3v) is 7.09. The summed E-state index contributed by atoms with van der Waals surface area (Å²) in [6.45, 7) is 6.27. The minimum atomic E-state index is -0.714. The third-order valence-electron chi connectivity index (χ3n) is 7.09. The Hall–Kier alpha value is -4.46. The number of phenols is 1. The highest BCUT2D eigenvalue weighted by molar-refractivity contribution is 5.99. The molecule has 0 aliphatic carbocycles. The van der Waals surface area contributed by atoms with E-state index < -0.39 is 6.04 Å². The maximum Gasteiger partial charge on any atom is 0.290 e. The van der Waals surface area contributed by atoms with Crippen molar-refractivity contribution in [1.29, 1.82) is 0 Å². The number of fused-ring (bicyclic) bond motifs is 2. The summed E-state index contributed by atoms with van der Waals surface area (Å²) < 4.78 is 22.6.